The number of furan rings is 1. The Morgan fingerprint density at radius 1 is 1.39 bits per heavy atom. The summed E-state index contributed by atoms with van der Waals surface area (Å²) in [6.07, 6.45) is 0. The van der Waals surface area contributed by atoms with E-state index in [9.17, 15) is 9.18 Å². The van der Waals surface area contributed by atoms with Gasteiger partial charge in [-0.05, 0) is 12.1 Å². The Balaban J connectivity index is 1.94. The van der Waals surface area contributed by atoms with Gasteiger partial charge < -0.3 is 4.42 Å². The molecule has 0 N–H and O–H groups in total. The molecular weight excluding hydrogens is 271 g/mol. The highest BCUT2D eigenvalue weighted by molar-refractivity contribution is 8.07. The van der Waals surface area contributed by atoms with Gasteiger partial charge in [0.15, 0.2) is 17.2 Å². The van der Waals surface area contributed by atoms with Crippen molar-refractivity contribution in [2.45, 2.75) is 5.25 Å². The smallest absolute Gasteiger partial charge is 0.211 e. The summed E-state index contributed by atoms with van der Waals surface area (Å²) in [5.74, 6) is 2.71. The third kappa shape index (κ3) is 2.17. The van der Waals surface area contributed by atoms with Crippen molar-refractivity contribution >= 4 is 40.3 Å². The molecule has 0 aliphatic carbocycles. The number of ketones is 1. The van der Waals surface area contributed by atoms with E-state index in [2.05, 4.69) is 0 Å². The first-order valence-electron chi connectivity index (χ1n) is 5.67. The second-order valence-electron chi connectivity index (χ2n) is 4.07. The first-order chi connectivity index (χ1) is 8.75. The number of rotatable bonds is 2. The molecule has 0 bridgehead atoms. The Hall–Kier alpha value is -0.940. The molecule has 1 saturated heterocycles. The molecule has 5 heteroatoms. The molecule has 94 valence electrons. The predicted molar refractivity (Wildman–Crippen MR) is 74.1 cm³/mol. The SMILES string of the molecule is O=C(c1cc2cccc(F)c2o1)C1CSCCS1. The molecular formula is C13H11FO2S2. The first kappa shape index (κ1) is 12.1. The Morgan fingerprint density at radius 3 is 3.00 bits per heavy atom. The van der Waals surface area contributed by atoms with Gasteiger partial charge in [-0.25, -0.2) is 4.39 Å². The minimum atomic E-state index is -0.419. The maximum absolute atomic E-state index is 13.5. The number of hydrogen-bond acceptors (Lipinski definition) is 4. The standard InChI is InChI=1S/C13H11FO2S2/c14-9-3-1-2-8-6-10(16-13(8)9)12(15)11-7-17-4-5-18-11/h1-3,6,11H,4-5,7H2. The predicted octanol–water partition coefficient (Wildman–Crippen LogP) is 3.60. The van der Waals surface area contributed by atoms with E-state index in [4.69, 9.17) is 4.42 Å². The quantitative estimate of drug-likeness (QED) is 0.787. The minimum absolute atomic E-state index is 0.0252. The van der Waals surface area contributed by atoms with Crippen LogP contribution in [0.25, 0.3) is 11.0 Å². The topological polar surface area (TPSA) is 30.2 Å². The van der Waals surface area contributed by atoms with Gasteiger partial charge in [-0.1, -0.05) is 12.1 Å². The molecule has 0 amide bonds. The third-order valence-electron chi connectivity index (χ3n) is 2.85. The van der Waals surface area contributed by atoms with Crippen molar-refractivity contribution in [2.24, 2.45) is 0 Å². The van der Waals surface area contributed by atoms with Crippen LogP contribution in [0.3, 0.4) is 0 Å². The average molecular weight is 282 g/mol. The molecule has 1 atom stereocenters. The van der Waals surface area contributed by atoms with Crippen LogP contribution in [0.4, 0.5) is 4.39 Å². The lowest BCUT2D eigenvalue weighted by atomic mass is 10.2. The molecule has 1 fully saturated rings. The third-order valence-corrected chi connectivity index (χ3v) is 5.60. The molecule has 0 saturated carbocycles. The zero-order valence-corrected chi connectivity index (χ0v) is 11.2. The van der Waals surface area contributed by atoms with Gasteiger partial charge >= 0.3 is 0 Å². The van der Waals surface area contributed by atoms with Crippen molar-refractivity contribution < 1.29 is 13.6 Å². The van der Waals surface area contributed by atoms with Gasteiger partial charge in [0.05, 0.1) is 5.25 Å². The highest BCUT2D eigenvalue weighted by Crippen LogP contribution is 2.29. The van der Waals surface area contributed by atoms with Gasteiger partial charge in [-0.3, -0.25) is 4.79 Å². The van der Waals surface area contributed by atoms with Crippen molar-refractivity contribution in [3.05, 3.63) is 35.8 Å². The number of para-hydroxylation sites is 1. The number of thioether (sulfide) groups is 2. The van der Waals surface area contributed by atoms with E-state index in [-0.39, 0.29) is 22.4 Å². The Kier molecular flexibility index (Phi) is 3.35. The molecule has 2 aromatic rings. The van der Waals surface area contributed by atoms with E-state index in [0.717, 1.165) is 17.3 Å². The van der Waals surface area contributed by atoms with E-state index in [1.807, 2.05) is 0 Å². The summed E-state index contributed by atoms with van der Waals surface area (Å²) >= 11 is 3.43. The number of Topliss-reactive ketones (excluding diaryl/α,β-unsaturated/α-hetero) is 1. The van der Waals surface area contributed by atoms with Crippen LogP contribution in [0.5, 0.6) is 0 Å². The lowest BCUT2D eigenvalue weighted by Gasteiger charge is -2.18. The Bertz CT molecular complexity index is 588. The van der Waals surface area contributed by atoms with Crippen LogP contribution in [0, 0.1) is 5.82 Å². The number of fused-ring (bicyclic) bond motifs is 1. The van der Waals surface area contributed by atoms with Crippen LogP contribution in [-0.2, 0) is 0 Å². The molecule has 1 aliphatic heterocycles. The van der Waals surface area contributed by atoms with Crippen molar-refractivity contribution in [2.75, 3.05) is 17.3 Å². The lowest BCUT2D eigenvalue weighted by Crippen LogP contribution is -2.23. The largest absolute Gasteiger partial charge is 0.450 e. The normalized spacial score (nSPS) is 20.2. The zero-order valence-electron chi connectivity index (χ0n) is 9.52. The molecule has 0 spiro atoms. The van der Waals surface area contributed by atoms with E-state index >= 15 is 0 Å². The van der Waals surface area contributed by atoms with E-state index in [1.54, 1.807) is 41.7 Å². The molecule has 18 heavy (non-hydrogen) atoms. The maximum Gasteiger partial charge on any atom is 0.211 e. The Labute approximate surface area is 112 Å². The highest BCUT2D eigenvalue weighted by atomic mass is 32.2. The highest BCUT2D eigenvalue weighted by Gasteiger charge is 2.26. The molecule has 3 rings (SSSR count). The number of carbonyl (C=O) groups is 1. The van der Waals surface area contributed by atoms with Gasteiger partial charge in [-0.15, -0.1) is 11.8 Å². The molecule has 1 aromatic carbocycles. The van der Waals surface area contributed by atoms with Crippen LogP contribution < -0.4 is 0 Å². The van der Waals surface area contributed by atoms with Gasteiger partial charge in [-0.2, -0.15) is 11.8 Å². The fraction of sp³-hybridized carbons (Fsp3) is 0.308. The van der Waals surface area contributed by atoms with Crippen molar-refractivity contribution in [1.29, 1.82) is 0 Å². The minimum Gasteiger partial charge on any atom is -0.450 e. The van der Waals surface area contributed by atoms with Crippen molar-refractivity contribution in [3.8, 4) is 0 Å². The molecule has 2 nitrogen and oxygen atoms in total. The van der Waals surface area contributed by atoms with Gasteiger partial charge in [0, 0.05) is 22.6 Å². The first-order valence-corrected chi connectivity index (χ1v) is 7.87. The summed E-state index contributed by atoms with van der Waals surface area (Å²) in [5, 5.41) is 0.583. The summed E-state index contributed by atoms with van der Waals surface area (Å²) in [7, 11) is 0. The monoisotopic (exact) mass is 282 g/mol. The zero-order chi connectivity index (χ0) is 12.5. The molecule has 0 radical (unpaired) electrons. The average Bonchev–Trinajstić information content (AvgIpc) is 2.84. The number of benzene rings is 1. The second-order valence-corrected chi connectivity index (χ2v) is 6.53. The summed E-state index contributed by atoms with van der Waals surface area (Å²) in [6, 6.07) is 6.35. The molecule has 1 aliphatic rings. The van der Waals surface area contributed by atoms with Crippen LogP contribution in [0.2, 0.25) is 0 Å². The Morgan fingerprint density at radius 2 is 2.28 bits per heavy atom. The van der Waals surface area contributed by atoms with Crippen LogP contribution in [0.15, 0.2) is 28.7 Å². The van der Waals surface area contributed by atoms with Crippen LogP contribution in [0.1, 0.15) is 10.6 Å². The second kappa shape index (κ2) is 4.97. The molecule has 2 heterocycles. The van der Waals surface area contributed by atoms with Crippen molar-refractivity contribution in [1.82, 2.24) is 0 Å². The van der Waals surface area contributed by atoms with E-state index in [1.165, 1.54) is 6.07 Å². The van der Waals surface area contributed by atoms with Gasteiger partial charge in [0.2, 0.25) is 5.78 Å². The molecule has 1 aromatic heterocycles. The fourth-order valence-corrected chi connectivity index (χ4v) is 4.56. The van der Waals surface area contributed by atoms with E-state index < -0.39 is 5.82 Å². The lowest BCUT2D eigenvalue weighted by molar-refractivity contribution is 0.0970. The molecule has 1 unspecified atom stereocenters. The number of halogens is 1. The summed E-state index contributed by atoms with van der Waals surface area (Å²) in [5.41, 5.74) is 0.175. The van der Waals surface area contributed by atoms with Crippen LogP contribution >= 0.6 is 23.5 Å². The fourth-order valence-electron chi connectivity index (χ4n) is 1.95. The maximum atomic E-state index is 13.5. The summed E-state index contributed by atoms with van der Waals surface area (Å²) in [6.45, 7) is 0. The summed E-state index contributed by atoms with van der Waals surface area (Å²) in [4.78, 5) is 12.2. The van der Waals surface area contributed by atoms with Crippen molar-refractivity contribution in [3.63, 3.8) is 0 Å². The summed E-state index contributed by atoms with van der Waals surface area (Å²) < 4.78 is 18.9. The number of carbonyl (C=O) groups excluding carboxylic acids is 1. The number of hydrogen-bond donors (Lipinski definition) is 0. The van der Waals surface area contributed by atoms with Gasteiger partial charge in [0.1, 0.15) is 0 Å². The van der Waals surface area contributed by atoms with Gasteiger partial charge in [0.25, 0.3) is 0 Å². The van der Waals surface area contributed by atoms with E-state index in [0.29, 0.717) is 5.39 Å². The van der Waals surface area contributed by atoms with Crippen LogP contribution in [-0.4, -0.2) is 28.3 Å².